The van der Waals surface area contributed by atoms with Crippen molar-refractivity contribution < 1.29 is 0 Å². The molecular formula is C54H40N2. The smallest absolute Gasteiger partial charge is 0.0623 e. The number of rotatable bonds is 4. The number of nitrogens with one attached hydrogen (secondary N) is 1. The Morgan fingerprint density at radius 3 is 2.00 bits per heavy atom. The Balaban J connectivity index is 0.970. The fraction of sp³-hybridized carbons (Fsp3) is 0.111. The molecule has 0 unspecified atom stereocenters. The Morgan fingerprint density at radius 1 is 0.429 bits per heavy atom. The van der Waals surface area contributed by atoms with Crippen LogP contribution in [-0.4, -0.2) is 4.57 Å². The minimum Gasteiger partial charge on any atom is -0.355 e. The molecule has 9 aromatic rings. The molecule has 0 atom stereocenters. The molecule has 1 aromatic heterocycles. The fourth-order valence-electron chi connectivity index (χ4n) is 10.8. The van der Waals surface area contributed by atoms with E-state index in [4.69, 9.17) is 0 Å². The molecule has 2 nitrogen and oxygen atoms in total. The van der Waals surface area contributed by atoms with Gasteiger partial charge in [0.05, 0.1) is 16.7 Å². The molecule has 2 aliphatic carbocycles. The first-order valence-corrected chi connectivity index (χ1v) is 19.9. The summed E-state index contributed by atoms with van der Waals surface area (Å²) in [6.07, 6.45) is 0. The van der Waals surface area contributed by atoms with E-state index in [2.05, 4.69) is 201 Å². The molecule has 8 aromatic carbocycles. The molecule has 0 radical (unpaired) electrons. The second kappa shape index (κ2) is 11.0. The highest BCUT2D eigenvalue weighted by molar-refractivity contribution is 6.19. The maximum atomic E-state index is 3.83. The topological polar surface area (TPSA) is 17.0 Å². The van der Waals surface area contributed by atoms with Crippen LogP contribution in [0.3, 0.4) is 0 Å². The summed E-state index contributed by atoms with van der Waals surface area (Å²) in [6, 6.07) is 61.1. The van der Waals surface area contributed by atoms with Gasteiger partial charge in [0.15, 0.2) is 0 Å². The second-order valence-electron chi connectivity index (χ2n) is 17.0. The van der Waals surface area contributed by atoms with Crippen LogP contribution in [0, 0.1) is 0 Å². The first-order valence-electron chi connectivity index (χ1n) is 19.9. The van der Waals surface area contributed by atoms with Crippen LogP contribution in [0.5, 0.6) is 0 Å². The third kappa shape index (κ3) is 4.06. The summed E-state index contributed by atoms with van der Waals surface area (Å²) in [6.45, 7) is 9.47. The van der Waals surface area contributed by atoms with Gasteiger partial charge in [0.25, 0.3) is 0 Å². The summed E-state index contributed by atoms with van der Waals surface area (Å²) >= 11 is 0. The van der Waals surface area contributed by atoms with Crippen molar-refractivity contribution in [2.24, 2.45) is 0 Å². The van der Waals surface area contributed by atoms with E-state index >= 15 is 0 Å². The Kier molecular flexibility index (Phi) is 6.22. The highest BCUT2D eigenvalue weighted by Gasteiger charge is 2.41. The molecule has 266 valence electrons. The number of anilines is 2. The zero-order chi connectivity index (χ0) is 37.5. The van der Waals surface area contributed by atoms with E-state index in [-0.39, 0.29) is 10.8 Å². The lowest BCUT2D eigenvalue weighted by Gasteiger charge is -2.25. The minimum absolute atomic E-state index is 0.0832. The highest BCUT2D eigenvalue weighted by Crippen LogP contribution is 2.59. The molecule has 3 aliphatic rings. The maximum absolute atomic E-state index is 3.83. The third-order valence-electron chi connectivity index (χ3n) is 13.3. The van der Waals surface area contributed by atoms with E-state index in [0.29, 0.717) is 0 Å². The summed E-state index contributed by atoms with van der Waals surface area (Å²) in [4.78, 5) is 0. The lowest BCUT2D eigenvalue weighted by atomic mass is 9.81. The van der Waals surface area contributed by atoms with Crippen molar-refractivity contribution in [1.82, 2.24) is 4.57 Å². The first kappa shape index (κ1) is 31.7. The zero-order valence-electron chi connectivity index (χ0n) is 32.0. The van der Waals surface area contributed by atoms with Gasteiger partial charge in [-0.15, -0.1) is 0 Å². The van der Waals surface area contributed by atoms with Crippen LogP contribution in [0.15, 0.2) is 164 Å². The first-order chi connectivity index (χ1) is 27.3. The summed E-state index contributed by atoms with van der Waals surface area (Å²) in [5.74, 6) is 0. The number of hydrogen-bond donors (Lipinski definition) is 1. The zero-order valence-corrected chi connectivity index (χ0v) is 32.0. The Hall–Kier alpha value is -6.64. The number of para-hydroxylation sites is 1. The van der Waals surface area contributed by atoms with E-state index in [0.717, 1.165) is 5.69 Å². The lowest BCUT2D eigenvalue weighted by Crippen LogP contribution is -2.16. The number of hydrogen-bond acceptors (Lipinski definition) is 1. The molecule has 56 heavy (non-hydrogen) atoms. The summed E-state index contributed by atoms with van der Waals surface area (Å²) in [5, 5.41) is 6.46. The van der Waals surface area contributed by atoms with Gasteiger partial charge in [-0.1, -0.05) is 161 Å². The molecule has 0 amide bonds. The Labute approximate surface area is 327 Å². The standard InChI is InChI=1S/C54H40N2/c1-53(2)43-21-10-19-41-48-36(17-12-24-47(48)56-46-23-8-6-16-38(46)40-29-30-44(53)50(49(41)43)52(40)56)33-27-25-32(26-28-33)34-13-9-14-35(31-34)55-45-22-11-18-39-37-15-5-7-20-42(37)54(3,4)51(39)45/h5-31,55H,1-4H3. The van der Waals surface area contributed by atoms with Crippen LogP contribution in [0.25, 0.3) is 83.1 Å². The van der Waals surface area contributed by atoms with Gasteiger partial charge in [0.2, 0.25) is 0 Å². The van der Waals surface area contributed by atoms with Crippen LogP contribution >= 0.6 is 0 Å². The SMILES string of the molecule is CC1(C)c2cccc3c2-c2c1ccc1c4ccccc4n(c21)-c1cccc(-c2ccc(-c4cccc(Nc5cccc6c5C(C)(C)c5ccccc5-6)c4)cc2)c1-3. The van der Waals surface area contributed by atoms with Crippen molar-refractivity contribution in [1.29, 1.82) is 0 Å². The van der Waals surface area contributed by atoms with Gasteiger partial charge in [0, 0.05) is 44.1 Å². The van der Waals surface area contributed by atoms with E-state index in [9.17, 15) is 0 Å². The highest BCUT2D eigenvalue weighted by atomic mass is 15.0. The van der Waals surface area contributed by atoms with Gasteiger partial charge in [-0.05, 0) is 97.1 Å². The Bertz CT molecular complexity index is 3150. The van der Waals surface area contributed by atoms with Crippen molar-refractivity contribution in [2.75, 3.05) is 5.32 Å². The quantitative estimate of drug-likeness (QED) is 0.192. The van der Waals surface area contributed by atoms with Crippen molar-refractivity contribution in [3.63, 3.8) is 0 Å². The number of nitrogens with zero attached hydrogens (tertiary/aromatic N) is 1. The van der Waals surface area contributed by atoms with Gasteiger partial charge in [-0.3, -0.25) is 0 Å². The molecular weight excluding hydrogens is 677 g/mol. The van der Waals surface area contributed by atoms with Crippen molar-refractivity contribution >= 4 is 33.2 Å². The molecule has 0 saturated heterocycles. The normalized spacial score (nSPS) is 14.7. The van der Waals surface area contributed by atoms with Gasteiger partial charge in [0.1, 0.15) is 0 Å². The summed E-state index contributed by atoms with van der Waals surface area (Å²) in [5.41, 5.74) is 24.4. The average Bonchev–Trinajstić information content (AvgIpc) is 3.74. The van der Waals surface area contributed by atoms with Crippen molar-refractivity contribution in [3.8, 4) is 61.3 Å². The van der Waals surface area contributed by atoms with Crippen molar-refractivity contribution in [2.45, 2.75) is 38.5 Å². The number of aromatic nitrogens is 1. The predicted molar refractivity (Wildman–Crippen MR) is 235 cm³/mol. The maximum Gasteiger partial charge on any atom is 0.0623 e. The van der Waals surface area contributed by atoms with Crippen LogP contribution in [0.2, 0.25) is 0 Å². The molecule has 12 rings (SSSR count). The minimum atomic E-state index is -0.0879. The largest absolute Gasteiger partial charge is 0.355 e. The van der Waals surface area contributed by atoms with Crippen LogP contribution in [0.1, 0.15) is 49.9 Å². The molecule has 1 aliphatic heterocycles. The lowest BCUT2D eigenvalue weighted by molar-refractivity contribution is 0.661. The number of fused-ring (bicyclic) bond motifs is 9. The molecule has 0 spiro atoms. The van der Waals surface area contributed by atoms with Crippen molar-refractivity contribution in [3.05, 3.63) is 186 Å². The monoisotopic (exact) mass is 716 g/mol. The third-order valence-corrected chi connectivity index (χ3v) is 13.3. The molecule has 0 saturated carbocycles. The average molecular weight is 717 g/mol. The van der Waals surface area contributed by atoms with E-state index in [1.807, 2.05) is 0 Å². The summed E-state index contributed by atoms with van der Waals surface area (Å²) in [7, 11) is 0. The van der Waals surface area contributed by atoms with Crippen LogP contribution in [0.4, 0.5) is 11.4 Å². The van der Waals surface area contributed by atoms with Gasteiger partial charge in [-0.25, -0.2) is 0 Å². The van der Waals surface area contributed by atoms with Gasteiger partial charge in [-0.2, -0.15) is 0 Å². The molecule has 0 bridgehead atoms. The van der Waals surface area contributed by atoms with Crippen LogP contribution < -0.4 is 5.32 Å². The van der Waals surface area contributed by atoms with E-state index < -0.39 is 0 Å². The van der Waals surface area contributed by atoms with E-state index in [1.165, 1.54) is 111 Å². The molecule has 2 heterocycles. The summed E-state index contributed by atoms with van der Waals surface area (Å²) < 4.78 is 2.56. The Morgan fingerprint density at radius 2 is 1.11 bits per heavy atom. The van der Waals surface area contributed by atoms with Gasteiger partial charge < -0.3 is 9.88 Å². The molecule has 0 fully saturated rings. The van der Waals surface area contributed by atoms with E-state index in [1.54, 1.807) is 0 Å². The number of benzene rings is 8. The molecule has 1 N–H and O–H groups in total. The van der Waals surface area contributed by atoms with Gasteiger partial charge >= 0.3 is 0 Å². The second-order valence-corrected chi connectivity index (χ2v) is 17.0. The van der Waals surface area contributed by atoms with Crippen LogP contribution in [-0.2, 0) is 10.8 Å². The molecule has 2 heteroatoms. The predicted octanol–water partition coefficient (Wildman–Crippen LogP) is 14.5. The fourth-order valence-corrected chi connectivity index (χ4v) is 10.8.